The van der Waals surface area contributed by atoms with E-state index in [1.54, 1.807) is 18.2 Å². The van der Waals surface area contributed by atoms with Crippen LogP contribution >= 0.6 is 0 Å². The largest absolute Gasteiger partial charge is 0.465 e. The van der Waals surface area contributed by atoms with Crippen LogP contribution in [-0.4, -0.2) is 38.6 Å². The molecule has 1 aliphatic rings. The first-order chi connectivity index (χ1) is 14.1. The Morgan fingerprint density at radius 3 is 2.45 bits per heavy atom. The van der Waals surface area contributed by atoms with E-state index in [4.69, 9.17) is 4.74 Å². The molecule has 1 heterocycles. The van der Waals surface area contributed by atoms with E-state index in [1.165, 1.54) is 25.6 Å². The summed E-state index contributed by atoms with van der Waals surface area (Å²) < 4.78 is 4.78. The SMILES string of the molecule is COC(=O)c1ccccc1NCCC(=O)Nc1ccc(N2CCC(C)CC2)cc1. The van der Waals surface area contributed by atoms with Crippen molar-refractivity contribution >= 4 is 28.9 Å². The number of hydrogen-bond donors (Lipinski definition) is 2. The Balaban J connectivity index is 1.47. The minimum atomic E-state index is -0.402. The van der Waals surface area contributed by atoms with Gasteiger partial charge in [0.25, 0.3) is 0 Å². The molecule has 0 atom stereocenters. The molecule has 0 aliphatic carbocycles. The fraction of sp³-hybridized carbons (Fsp3) is 0.391. The molecule has 0 unspecified atom stereocenters. The van der Waals surface area contributed by atoms with Gasteiger partial charge in [-0.3, -0.25) is 4.79 Å². The van der Waals surface area contributed by atoms with Crippen molar-refractivity contribution in [3.8, 4) is 0 Å². The van der Waals surface area contributed by atoms with Gasteiger partial charge in [0.05, 0.1) is 12.7 Å². The van der Waals surface area contributed by atoms with Crippen molar-refractivity contribution in [2.75, 3.05) is 42.3 Å². The zero-order valence-corrected chi connectivity index (χ0v) is 17.1. The molecule has 1 amide bonds. The molecule has 3 rings (SSSR count). The van der Waals surface area contributed by atoms with Crippen molar-refractivity contribution in [2.24, 2.45) is 5.92 Å². The molecule has 1 fully saturated rings. The van der Waals surface area contributed by atoms with Gasteiger partial charge < -0.3 is 20.3 Å². The smallest absolute Gasteiger partial charge is 0.339 e. The topological polar surface area (TPSA) is 70.7 Å². The predicted molar refractivity (Wildman–Crippen MR) is 117 cm³/mol. The van der Waals surface area contributed by atoms with E-state index in [-0.39, 0.29) is 5.91 Å². The van der Waals surface area contributed by atoms with E-state index in [0.29, 0.717) is 24.2 Å². The van der Waals surface area contributed by atoms with E-state index in [0.717, 1.165) is 24.7 Å². The lowest BCUT2D eigenvalue weighted by atomic mass is 9.99. The highest BCUT2D eigenvalue weighted by atomic mass is 16.5. The number of nitrogens with one attached hydrogen (secondary N) is 2. The number of carbonyl (C=O) groups excluding carboxylic acids is 2. The third-order valence-corrected chi connectivity index (χ3v) is 5.30. The third kappa shape index (κ3) is 5.73. The molecule has 1 saturated heterocycles. The van der Waals surface area contributed by atoms with E-state index in [1.807, 2.05) is 18.2 Å². The molecule has 0 saturated carbocycles. The second-order valence-electron chi connectivity index (χ2n) is 7.48. The number of anilines is 3. The molecule has 6 nitrogen and oxygen atoms in total. The summed E-state index contributed by atoms with van der Waals surface area (Å²) in [6.45, 7) is 4.90. The van der Waals surface area contributed by atoms with Crippen molar-refractivity contribution < 1.29 is 14.3 Å². The Labute approximate surface area is 172 Å². The maximum atomic E-state index is 12.2. The van der Waals surface area contributed by atoms with Crippen molar-refractivity contribution in [3.05, 3.63) is 54.1 Å². The summed E-state index contributed by atoms with van der Waals surface area (Å²) >= 11 is 0. The van der Waals surface area contributed by atoms with Gasteiger partial charge in [-0.05, 0) is 55.2 Å². The molecular formula is C23H29N3O3. The third-order valence-electron chi connectivity index (χ3n) is 5.30. The molecule has 0 bridgehead atoms. The first kappa shape index (κ1) is 20.7. The van der Waals surface area contributed by atoms with Gasteiger partial charge in [-0.15, -0.1) is 0 Å². The fourth-order valence-corrected chi connectivity index (χ4v) is 3.48. The number of para-hydroxylation sites is 1. The number of piperidine rings is 1. The van der Waals surface area contributed by atoms with Gasteiger partial charge in [0, 0.05) is 43.1 Å². The fourth-order valence-electron chi connectivity index (χ4n) is 3.48. The van der Waals surface area contributed by atoms with Gasteiger partial charge in [0.15, 0.2) is 0 Å². The molecule has 154 valence electrons. The lowest BCUT2D eigenvalue weighted by Crippen LogP contribution is -2.32. The maximum absolute atomic E-state index is 12.2. The standard InChI is InChI=1S/C23H29N3O3/c1-17-12-15-26(16-13-17)19-9-7-18(8-10-19)25-22(27)11-14-24-21-6-4-3-5-20(21)23(28)29-2/h3-10,17,24H,11-16H2,1-2H3,(H,25,27). The van der Waals surface area contributed by atoms with Crippen LogP contribution in [-0.2, 0) is 9.53 Å². The highest BCUT2D eigenvalue weighted by Gasteiger charge is 2.16. The van der Waals surface area contributed by atoms with Gasteiger partial charge in [-0.25, -0.2) is 4.79 Å². The first-order valence-electron chi connectivity index (χ1n) is 10.1. The Hall–Kier alpha value is -3.02. The number of carbonyl (C=O) groups is 2. The van der Waals surface area contributed by atoms with Crippen LogP contribution in [0.15, 0.2) is 48.5 Å². The van der Waals surface area contributed by atoms with E-state index < -0.39 is 5.97 Å². The van der Waals surface area contributed by atoms with Crippen LogP contribution in [0.2, 0.25) is 0 Å². The van der Waals surface area contributed by atoms with Gasteiger partial charge in [-0.2, -0.15) is 0 Å². The van der Waals surface area contributed by atoms with Gasteiger partial charge in [0.2, 0.25) is 5.91 Å². The van der Waals surface area contributed by atoms with Crippen molar-refractivity contribution in [1.29, 1.82) is 0 Å². The monoisotopic (exact) mass is 395 g/mol. The minimum Gasteiger partial charge on any atom is -0.465 e. The van der Waals surface area contributed by atoms with E-state index in [2.05, 4.69) is 34.6 Å². The normalized spacial score (nSPS) is 14.3. The van der Waals surface area contributed by atoms with Crippen LogP contribution < -0.4 is 15.5 Å². The number of hydrogen-bond acceptors (Lipinski definition) is 5. The van der Waals surface area contributed by atoms with Gasteiger partial charge in [-0.1, -0.05) is 19.1 Å². The summed E-state index contributed by atoms with van der Waals surface area (Å²) in [5.41, 5.74) is 3.11. The van der Waals surface area contributed by atoms with Crippen LogP contribution in [0.25, 0.3) is 0 Å². The van der Waals surface area contributed by atoms with Crippen LogP contribution in [0.4, 0.5) is 17.1 Å². The molecule has 0 aromatic heterocycles. The number of amides is 1. The quantitative estimate of drug-likeness (QED) is 0.689. The number of nitrogens with zero attached hydrogens (tertiary/aromatic N) is 1. The zero-order valence-electron chi connectivity index (χ0n) is 17.1. The lowest BCUT2D eigenvalue weighted by Gasteiger charge is -2.32. The Morgan fingerprint density at radius 1 is 1.07 bits per heavy atom. The van der Waals surface area contributed by atoms with Gasteiger partial charge >= 0.3 is 5.97 Å². The van der Waals surface area contributed by atoms with Crippen molar-refractivity contribution in [3.63, 3.8) is 0 Å². The van der Waals surface area contributed by atoms with E-state index in [9.17, 15) is 9.59 Å². The number of ether oxygens (including phenoxy) is 1. The molecule has 6 heteroatoms. The summed E-state index contributed by atoms with van der Waals surface area (Å²) in [7, 11) is 1.35. The summed E-state index contributed by atoms with van der Waals surface area (Å²) in [5, 5.41) is 6.06. The second kappa shape index (κ2) is 9.96. The highest BCUT2D eigenvalue weighted by molar-refractivity contribution is 5.96. The van der Waals surface area contributed by atoms with Crippen LogP contribution in [0.5, 0.6) is 0 Å². The summed E-state index contributed by atoms with van der Waals surface area (Å²) in [4.78, 5) is 26.4. The number of benzene rings is 2. The van der Waals surface area contributed by atoms with Crippen LogP contribution in [0.3, 0.4) is 0 Å². The molecule has 0 radical (unpaired) electrons. The Bertz CT molecular complexity index is 828. The molecule has 2 N–H and O–H groups in total. The second-order valence-corrected chi connectivity index (χ2v) is 7.48. The molecule has 1 aliphatic heterocycles. The summed E-state index contributed by atoms with van der Waals surface area (Å²) in [5.74, 6) is 0.325. The average molecular weight is 396 g/mol. The molecular weight excluding hydrogens is 366 g/mol. The molecule has 2 aromatic rings. The Kier molecular flexibility index (Phi) is 7.11. The van der Waals surface area contributed by atoms with Gasteiger partial charge in [0.1, 0.15) is 0 Å². The molecule has 0 spiro atoms. The van der Waals surface area contributed by atoms with Crippen LogP contribution in [0.1, 0.15) is 36.5 Å². The van der Waals surface area contributed by atoms with Crippen LogP contribution in [0, 0.1) is 5.92 Å². The van der Waals surface area contributed by atoms with Crippen molar-refractivity contribution in [1.82, 2.24) is 0 Å². The number of esters is 1. The van der Waals surface area contributed by atoms with E-state index >= 15 is 0 Å². The zero-order chi connectivity index (χ0) is 20.6. The predicted octanol–water partition coefficient (Wildman–Crippen LogP) is 4.15. The summed E-state index contributed by atoms with van der Waals surface area (Å²) in [6.07, 6.45) is 2.75. The average Bonchev–Trinajstić information content (AvgIpc) is 2.75. The Morgan fingerprint density at radius 2 is 1.76 bits per heavy atom. The first-order valence-corrected chi connectivity index (χ1v) is 10.1. The minimum absolute atomic E-state index is 0.0763. The van der Waals surface area contributed by atoms with Crippen molar-refractivity contribution in [2.45, 2.75) is 26.2 Å². The highest BCUT2D eigenvalue weighted by Crippen LogP contribution is 2.24. The number of rotatable bonds is 7. The molecule has 29 heavy (non-hydrogen) atoms. The number of methoxy groups -OCH3 is 1. The summed E-state index contributed by atoms with van der Waals surface area (Å²) in [6, 6.07) is 15.1. The molecule has 2 aromatic carbocycles. The maximum Gasteiger partial charge on any atom is 0.339 e. The lowest BCUT2D eigenvalue weighted by molar-refractivity contribution is -0.115.